The Morgan fingerprint density at radius 1 is 1.44 bits per heavy atom. The van der Waals surface area contributed by atoms with Gasteiger partial charge in [-0.05, 0) is 39.2 Å². The van der Waals surface area contributed by atoms with Gasteiger partial charge in [-0.15, -0.1) is 0 Å². The number of benzene rings is 1. The van der Waals surface area contributed by atoms with Gasteiger partial charge in [0.25, 0.3) is 0 Å². The summed E-state index contributed by atoms with van der Waals surface area (Å²) in [7, 11) is 4.10. The van der Waals surface area contributed by atoms with Gasteiger partial charge in [0.05, 0.1) is 11.6 Å². The van der Waals surface area contributed by atoms with E-state index >= 15 is 0 Å². The molecule has 86 valence electrons. The Kier molecular flexibility index (Phi) is 4.78. The Hall–Kier alpha value is -1.05. The molecular formula is C12H16BrN3. The number of anilines is 1. The van der Waals surface area contributed by atoms with Gasteiger partial charge in [-0.25, -0.2) is 0 Å². The third-order valence-electron chi connectivity index (χ3n) is 2.51. The minimum atomic E-state index is 0.449. The van der Waals surface area contributed by atoms with Crippen LogP contribution in [0.5, 0.6) is 0 Å². The van der Waals surface area contributed by atoms with Gasteiger partial charge in [0.2, 0.25) is 0 Å². The summed E-state index contributed by atoms with van der Waals surface area (Å²) in [4.78, 5) is 2.15. The molecule has 1 rings (SSSR count). The lowest BCUT2D eigenvalue weighted by Crippen LogP contribution is -2.31. The van der Waals surface area contributed by atoms with Crippen LogP contribution in [0, 0.1) is 11.3 Å². The van der Waals surface area contributed by atoms with Crippen molar-refractivity contribution in [2.24, 2.45) is 0 Å². The maximum atomic E-state index is 8.85. The average molecular weight is 282 g/mol. The van der Waals surface area contributed by atoms with Crippen LogP contribution in [0.2, 0.25) is 0 Å². The number of nitrogens with one attached hydrogen (secondary N) is 1. The molecule has 1 aromatic carbocycles. The fourth-order valence-electron chi connectivity index (χ4n) is 1.20. The molecular weight excluding hydrogens is 266 g/mol. The lowest BCUT2D eigenvalue weighted by Gasteiger charge is -2.20. The van der Waals surface area contributed by atoms with E-state index in [1.54, 1.807) is 6.07 Å². The molecule has 1 atom stereocenters. The normalized spacial score (nSPS) is 12.2. The van der Waals surface area contributed by atoms with Gasteiger partial charge in [-0.1, -0.05) is 15.9 Å². The standard InChI is InChI=1S/C12H16BrN3/c1-9(16(2)3)8-15-12-5-10(7-14)4-11(13)6-12/h4-6,9,15H,8H2,1-3H3. The minimum Gasteiger partial charge on any atom is -0.383 e. The van der Waals surface area contributed by atoms with Crippen molar-refractivity contribution in [3.8, 4) is 6.07 Å². The second-order valence-electron chi connectivity index (χ2n) is 4.03. The molecule has 0 fully saturated rings. The Morgan fingerprint density at radius 2 is 2.12 bits per heavy atom. The van der Waals surface area contributed by atoms with Gasteiger partial charge < -0.3 is 10.2 Å². The highest BCUT2D eigenvalue weighted by Crippen LogP contribution is 2.19. The monoisotopic (exact) mass is 281 g/mol. The van der Waals surface area contributed by atoms with Gasteiger partial charge in [0, 0.05) is 22.7 Å². The zero-order valence-corrected chi connectivity index (χ0v) is 11.4. The van der Waals surface area contributed by atoms with Gasteiger partial charge >= 0.3 is 0 Å². The lowest BCUT2D eigenvalue weighted by molar-refractivity contribution is 0.326. The number of nitriles is 1. The maximum absolute atomic E-state index is 8.85. The number of hydrogen-bond donors (Lipinski definition) is 1. The number of rotatable bonds is 4. The van der Waals surface area contributed by atoms with Gasteiger partial charge in [0.1, 0.15) is 0 Å². The molecule has 3 nitrogen and oxygen atoms in total. The zero-order valence-electron chi connectivity index (χ0n) is 9.79. The van der Waals surface area contributed by atoms with E-state index in [2.05, 4.69) is 39.1 Å². The third-order valence-corrected chi connectivity index (χ3v) is 2.97. The van der Waals surface area contributed by atoms with E-state index in [9.17, 15) is 0 Å². The fourth-order valence-corrected chi connectivity index (χ4v) is 1.70. The molecule has 0 aliphatic heterocycles. The highest BCUT2D eigenvalue weighted by Gasteiger charge is 2.04. The highest BCUT2D eigenvalue weighted by atomic mass is 79.9. The van der Waals surface area contributed by atoms with Gasteiger partial charge in [-0.2, -0.15) is 5.26 Å². The summed E-state index contributed by atoms with van der Waals surface area (Å²) in [5.41, 5.74) is 1.63. The highest BCUT2D eigenvalue weighted by molar-refractivity contribution is 9.10. The molecule has 0 spiro atoms. The van der Waals surface area contributed by atoms with Crippen molar-refractivity contribution < 1.29 is 0 Å². The first-order valence-corrected chi connectivity index (χ1v) is 5.93. The van der Waals surface area contributed by atoms with Crippen LogP contribution < -0.4 is 5.32 Å². The van der Waals surface area contributed by atoms with Crippen LogP contribution in [0.4, 0.5) is 5.69 Å². The largest absolute Gasteiger partial charge is 0.383 e. The Balaban J connectivity index is 2.68. The number of likely N-dealkylation sites (N-methyl/N-ethyl adjacent to an activating group) is 1. The molecule has 0 saturated carbocycles. The average Bonchev–Trinajstić information content (AvgIpc) is 2.24. The van der Waals surface area contributed by atoms with Crippen molar-refractivity contribution in [1.29, 1.82) is 5.26 Å². The lowest BCUT2D eigenvalue weighted by atomic mass is 10.2. The summed E-state index contributed by atoms with van der Waals surface area (Å²) in [6.45, 7) is 3.00. The molecule has 0 saturated heterocycles. The molecule has 1 unspecified atom stereocenters. The fraction of sp³-hybridized carbons (Fsp3) is 0.417. The third kappa shape index (κ3) is 3.84. The first-order valence-electron chi connectivity index (χ1n) is 5.14. The molecule has 0 heterocycles. The molecule has 0 aliphatic carbocycles. The van der Waals surface area contributed by atoms with Crippen LogP contribution in [-0.4, -0.2) is 31.6 Å². The summed E-state index contributed by atoms with van der Waals surface area (Å²) in [5.74, 6) is 0. The van der Waals surface area contributed by atoms with Gasteiger partial charge in [0.15, 0.2) is 0 Å². The quantitative estimate of drug-likeness (QED) is 0.922. The van der Waals surface area contributed by atoms with E-state index in [0.29, 0.717) is 11.6 Å². The number of nitrogens with zero attached hydrogens (tertiary/aromatic N) is 2. The Bertz CT molecular complexity index is 396. The van der Waals surface area contributed by atoms with Crippen molar-refractivity contribution in [3.05, 3.63) is 28.2 Å². The smallest absolute Gasteiger partial charge is 0.0992 e. The van der Waals surface area contributed by atoms with Crippen LogP contribution in [-0.2, 0) is 0 Å². The molecule has 0 aliphatic rings. The molecule has 0 amide bonds. The van der Waals surface area contributed by atoms with Crippen LogP contribution in [0.1, 0.15) is 12.5 Å². The minimum absolute atomic E-state index is 0.449. The van der Waals surface area contributed by atoms with Crippen molar-refractivity contribution in [2.45, 2.75) is 13.0 Å². The van der Waals surface area contributed by atoms with Crippen molar-refractivity contribution >= 4 is 21.6 Å². The Labute approximate surface area is 105 Å². The van der Waals surface area contributed by atoms with E-state index in [1.807, 2.05) is 26.2 Å². The molecule has 1 N–H and O–H groups in total. The molecule has 1 aromatic rings. The van der Waals surface area contributed by atoms with Crippen molar-refractivity contribution in [2.75, 3.05) is 26.0 Å². The summed E-state index contributed by atoms with van der Waals surface area (Å²) in [5, 5.41) is 12.2. The first-order chi connectivity index (χ1) is 7.52. The summed E-state index contributed by atoms with van der Waals surface area (Å²) in [6.07, 6.45) is 0. The predicted molar refractivity (Wildman–Crippen MR) is 70.5 cm³/mol. The van der Waals surface area contributed by atoms with Gasteiger partial charge in [-0.3, -0.25) is 0 Å². The van der Waals surface area contributed by atoms with Crippen LogP contribution >= 0.6 is 15.9 Å². The SMILES string of the molecule is CC(CNc1cc(Br)cc(C#N)c1)N(C)C. The van der Waals surface area contributed by atoms with E-state index in [1.165, 1.54) is 0 Å². The van der Waals surface area contributed by atoms with Crippen molar-refractivity contribution in [3.63, 3.8) is 0 Å². The van der Waals surface area contributed by atoms with E-state index in [0.717, 1.165) is 16.7 Å². The summed E-state index contributed by atoms with van der Waals surface area (Å²) < 4.78 is 0.923. The number of hydrogen-bond acceptors (Lipinski definition) is 3. The predicted octanol–water partition coefficient (Wildman–Crippen LogP) is 2.68. The van der Waals surface area contributed by atoms with E-state index in [-0.39, 0.29) is 0 Å². The molecule has 4 heteroatoms. The molecule has 0 bridgehead atoms. The van der Waals surface area contributed by atoms with Crippen LogP contribution in [0.3, 0.4) is 0 Å². The Morgan fingerprint density at radius 3 is 2.69 bits per heavy atom. The first kappa shape index (κ1) is 13.0. The van der Waals surface area contributed by atoms with E-state index in [4.69, 9.17) is 5.26 Å². The molecule has 0 radical (unpaired) electrons. The topological polar surface area (TPSA) is 39.1 Å². The second-order valence-corrected chi connectivity index (χ2v) is 4.95. The van der Waals surface area contributed by atoms with Crippen LogP contribution in [0.15, 0.2) is 22.7 Å². The summed E-state index contributed by atoms with van der Waals surface area (Å²) >= 11 is 3.39. The maximum Gasteiger partial charge on any atom is 0.0992 e. The van der Waals surface area contributed by atoms with E-state index < -0.39 is 0 Å². The molecule has 16 heavy (non-hydrogen) atoms. The van der Waals surface area contributed by atoms with Crippen molar-refractivity contribution in [1.82, 2.24) is 4.90 Å². The number of halogens is 1. The zero-order chi connectivity index (χ0) is 12.1. The molecule has 0 aromatic heterocycles. The van der Waals surface area contributed by atoms with Crippen LogP contribution in [0.25, 0.3) is 0 Å². The summed E-state index contributed by atoms with van der Waals surface area (Å²) in [6, 6.07) is 8.22. The second kappa shape index (κ2) is 5.88.